The number of hydrogen-bond acceptors (Lipinski definition) is 3. The largest absolute Gasteiger partial charge is 0.468 e. The van der Waals surface area contributed by atoms with Crippen molar-refractivity contribution in [3.8, 4) is 0 Å². The first-order chi connectivity index (χ1) is 10.2. The molecule has 2 aromatic rings. The monoisotopic (exact) mass is 292 g/mol. The summed E-state index contributed by atoms with van der Waals surface area (Å²) in [6.07, 6.45) is 3.71. The predicted molar refractivity (Wildman–Crippen MR) is 75.4 cm³/mol. The highest BCUT2D eigenvalue weighted by molar-refractivity contribution is 5.24. The van der Waals surface area contributed by atoms with Crippen LogP contribution in [0.5, 0.6) is 0 Å². The molecule has 1 saturated carbocycles. The molecule has 0 aliphatic heterocycles. The van der Waals surface area contributed by atoms with Gasteiger partial charge in [-0.3, -0.25) is 4.90 Å². The van der Waals surface area contributed by atoms with Crippen LogP contribution in [0.4, 0.5) is 8.78 Å². The van der Waals surface area contributed by atoms with E-state index in [1.54, 1.807) is 12.3 Å². The van der Waals surface area contributed by atoms with E-state index >= 15 is 0 Å². The number of nitrogens with two attached hydrogens (primary N) is 1. The van der Waals surface area contributed by atoms with Crippen LogP contribution >= 0.6 is 0 Å². The Balaban J connectivity index is 1.90. The van der Waals surface area contributed by atoms with Gasteiger partial charge in [-0.15, -0.1) is 0 Å². The Hall–Kier alpha value is -1.72. The summed E-state index contributed by atoms with van der Waals surface area (Å²) in [4.78, 5) is 2.11. The van der Waals surface area contributed by atoms with Gasteiger partial charge in [0.2, 0.25) is 0 Å². The van der Waals surface area contributed by atoms with Gasteiger partial charge in [0.1, 0.15) is 5.76 Å². The average molecular weight is 292 g/mol. The van der Waals surface area contributed by atoms with Gasteiger partial charge >= 0.3 is 0 Å². The summed E-state index contributed by atoms with van der Waals surface area (Å²) in [5, 5.41) is 0. The Morgan fingerprint density at radius 2 is 2.05 bits per heavy atom. The highest BCUT2D eigenvalue weighted by Crippen LogP contribution is 2.36. The fourth-order valence-corrected chi connectivity index (χ4v) is 2.70. The summed E-state index contributed by atoms with van der Waals surface area (Å²) in [6.45, 7) is 0.785. The summed E-state index contributed by atoms with van der Waals surface area (Å²) in [7, 11) is 0. The zero-order valence-electron chi connectivity index (χ0n) is 11.6. The quantitative estimate of drug-likeness (QED) is 0.889. The first kappa shape index (κ1) is 14.2. The second-order valence-electron chi connectivity index (χ2n) is 5.38. The van der Waals surface area contributed by atoms with E-state index in [0.29, 0.717) is 18.2 Å². The van der Waals surface area contributed by atoms with Crippen molar-refractivity contribution >= 4 is 0 Å². The average Bonchev–Trinajstić information content (AvgIpc) is 3.20. The highest BCUT2D eigenvalue weighted by Gasteiger charge is 2.35. The van der Waals surface area contributed by atoms with Crippen molar-refractivity contribution in [3.63, 3.8) is 0 Å². The van der Waals surface area contributed by atoms with E-state index in [1.165, 1.54) is 6.07 Å². The molecule has 0 saturated heterocycles. The molecular weight excluding hydrogens is 274 g/mol. The molecule has 1 aliphatic carbocycles. The van der Waals surface area contributed by atoms with Crippen molar-refractivity contribution in [2.75, 3.05) is 6.54 Å². The zero-order chi connectivity index (χ0) is 14.8. The minimum absolute atomic E-state index is 0.234. The molecule has 112 valence electrons. The molecule has 21 heavy (non-hydrogen) atoms. The first-order valence-electron chi connectivity index (χ1n) is 7.12. The van der Waals surface area contributed by atoms with E-state index in [1.807, 2.05) is 12.1 Å². The van der Waals surface area contributed by atoms with Crippen LogP contribution < -0.4 is 5.73 Å². The molecule has 1 heterocycles. The van der Waals surface area contributed by atoms with Gasteiger partial charge in [-0.25, -0.2) is 8.78 Å². The SMILES string of the molecule is NCC(c1cccc(F)c1F)N(Cc1ccco1)C1CC1. The molecule has 0 radical (unpaired) electrons. The van der Waals surface area contributed by atoms with Crippen LogP contribution in [0.1, 0.15) is 30.2 Å². The lowest BCUT2D eigenvalue weighted by atomic mass is 10.0. The third kappa shape index (κ3) is 2.99. The Labute approximate surface area is 122 Å². The van der Waals surface area contributed by atoms with E-state index in [9.17, 15) is 8.78 Å². The van der Waals surface area contributed by atoms with Gasteiger partial charge in [-0.2, -0.15) is 0 Å². The van der Waals surface area contributed by atoms with Gasteiger partial charge in [-0.1, -0.05) is 12.1 Å². The van der Waals surface area contributed by atoms with Crippen LogP contribution in [0.15, 0.2) is 41.0 Å². The molecule has 1 aromatic carbocycles. The second-order valence-corrected chi connectivity index (χ2v) is 5.38. The van der Waals surface area contributed by atoms with Crippen LogP contribution in [0, 0.1) is 11.6 Å². The molecule has 3 nitrogen and oxygen atoms in total. The molecule has 1 unspecified atom stereocenters. The van der Waals surface area contributed by atoms with Crippen molar-refractivity contribution in [2.45, 2.75) is 31.5 Å². The summed E-state index contributed by atoms with van der Waals surface area (Å²) >= 11 is 0. The van der Waals surface area contributed by atoms with E-state index in [-0.39, 0.29) is 12.6 Å². The minimum Gasteiger partial charge on any atom is -0.468 e. The maximum atomic E-state index is 14.1. The van der Waals surface area contributed by atoms with E-state index in [4.69, 9.17) is 10.2 Å². The molecule has 1 aliphatic rings. The van der Waals surface area contributed by atoms with Crippen molar-refractivity contribution in [1.82, 2.24) is 4.90 Å². The van der Waals surface area contributed by atoms with Gasteiger partial charge in [0.25, 0.3) is 0 Å². The van der Waals surface area contributed by atoms with Gasteiger partial charge < -0.3 is 10.2 Å². The minimum atomic E-state index is -0.834. The molecule has 1 fully saturated rings. The molecule has 0 spiro atoms. The maximum Gasteiger partial charge on any atom is 0.163 e. The van der Waals surface area contributed by atoms with Crippen LogP contribution in [-0.4, -0.2) is 17.5 Å². The zero-order valence-corrected chi connectivity index (χ0v) is 11.6. The summed E-state index contributed by atoms with van der Waals surface area (Å²) in [5.74, 6) is -0.838. The number of halogens is 2. The van der Waals surface area contributed by atoms with Crippen LogP contribution in [0.3, 0.4) is 0 Å². The molecule has 0 amide bonds. The summed E-state index contributed by atoms with van der Waals surface area (Å²) < 4.78 is 32.9. The predicted octanol–water partition coefficient (Wildman–Crippen LogP) is 3.22. The molecular formula is C16H18F2N2O. The Morgan fingerprint density at radius 3 is 2.67 bits per heavy atom. The lowest BCUT2D eigenvalue weighted by molar-refractivity contribution is 0.164. The molecule has 1 atom stereocenters. The Kier molecular flexibility index (Phi) is 4.03. The van der Waals surface area contributed by atoms with Gasteiger partial charge in [-0.05, 0) is 31.0 Å². The summed E-state index contributed by atoms with van der Waals surface area (Å²) in [5.41, 5.74) is 6.17. The molecule has 1 aromatic heterocycles. The van der Waals surface area contributed by atoms with Crippen molar-refractivity contribution in [1.29, 1.82) is 0 Å². The number of furan rings is 1. The second kappa shape index (κ2) is 5.95. The number of rotatable bonds is 6. The standard InChI is InChI=1S/C16H18F2N2O/c17-14-5-1-4-13(16(14)18)15(9-19)20(11-6-7-11)10-12-3-2-8-21-12/h1-5,8,11,15H,6-7,9-10,19H2. The molecule has 5 heteroatoms. The first-order valence-corrected chi connectivity index (χ1v) is 7.12. The Bertz CT molecular complexity index is 596. The van der Waals surface area contributed by atoms with Crippen molar-refractivity contribution < 1.29 is 13.2 Å². The van der Waals surface area contributed by atoms with Crippen LogP contribution in [0.25, 0.3) is 0 Å². The fourth-order valence-electron chi connectivity index (χ4n) is 2.70. The smallest absolute Gasteiger partial charge is 0.163 e. The molecule has 3 rings (SSSR count). The lowest BCUT2D eigenvalue weighted by Gasteiger charge is -2.31. The topological polar surface area (TPSA) is 42.4 Å². The number of nitrogens with zero attached hydrogens (tertiary/aromatic N) is 1. The van der Waals surface area contributed by atoms with Gasteiger partial charge in [0.05, 0.1) is 18.8 Å². The van der Waals surface area contributed by atoms with Crippen LogP contribution in [-0.2, 0) is 6.54 Å². The van der Waals surface area contributed by atoms with E-state index in [2.05, 4.69) is 4.90 Å². The number of benzene rings is 1. The highest BCUT2D eigenvalue weighted by atomic mass is 19.2. The van der Waals surface area contributed by atoms with Gasteiger partial charge in [0.15, 0.2) is 11.6 Å². The molecule has 0 bridgehead atoms. The number of hydrogen-bond donors (Lipinski definition) is 1. The van der Waals surface area contributed by atoms with E-state index < -0.39 is 11.6 Å². The fraction of sp³-hybridized carbons (Fsp3) is 0.375. The third-order valence-corrected chi connectivity index (χ3v) is 3.90. The molecule has 2 N–H and O–H groups in total. The van der Waals surface area contributed by atoms with Crippen LogP contribution in [0.2, 0.25) is 0 Å². The van der Waals surface area contributed by atoms with E-state index in [0.717, 1.165) is 24.7 Å². The maximum absolute atomic E-state index is 14.1. The van der Waals surface area contributed by atoms with Gasteiger partial charge in [0, 0.05) is 18.2 Å². The third-order valence-electron chi connectivity index (χ3n) is 3.90. The van der Waals surface area contributed by atoms with Crippen molar-refractivity contribution in [2.24, 2.45) is 5.73 Å². The Morgan fingerprint density at radius 1 is 1.24 bits per heavy atom. The summed E-state index contributed by atoms with van der Waals surface area (Å²) in [6, 6.07) is 7.96. The lowest BCUT2D eigenvalue weighted by Crippen LogP contribution is -2.35. The normalized spacial score (nSPS) is 16.4. The van der Waals surface area contributed by atoms with Crippen molar-refractivity contribution in [3.05, 3.63) is 59.6 Å².